The number of rotatable bonds is 3. The molecule has 1 rings (SSSR count). The Balaban J connectivity index is 2.95. The predicted octanol–water partition coefficient (Wildman–Crippen LogP) is 3.52. The van der Waals surface area contributed by atoms with Crippen molar-refractivity contribution in [2.75, 3.05) is 11.1 Å². The summed E-state index contributed by atoms with van der Waals surface area (Å²) in [5.74, 6) is -0.490. The van der Waals surface area contributed by atoms with Gasteiger partial charge in [-0.15, -0.1) is 0 Å². The number of anilines is 2. The van der Waals surface area contributed by atoms with Crippen LogP contribution in [0.15, 0.2) is 18.2 Å². The number of amides is 1. The first-order chi connectivity index (χ1) is 8.62. The summed E-state index contributed by atoms with van der Waals surface area (Å²) in [6, 6.07) is 3.34. The number of carbonyl (C=O) groups excluding carboxylic acids is 1. The fourth-order valence-electron chi connectivity index (χ4n) is 1.44. The summed E-state index contributed by atoms with van der Waals surface area (Å²) in [5, 5.41) is 2.47. The highest BCUT2D eigenvalue weighted by atomic mass is 19.4. The maximum absolute atomic E-state index is 12.7. The quantitative estimate of drug-likeness (QED) is 0.829. The first-order valence-electron chi connectivity index (χ1n) is 5.90. The minimum atomic E-state index is -4.53. The van der Waals surface area contributed by atoms with Crippen LogP contribution < -0.4 is 11.1 Å². The molecule has 0 aliphatic heterocycles. The Morgan fingerprint density at radius 1 is 1.26 bits per heavy atom. The molecule has 0 saturated heterocycles. The fourth-order valence-corrected chi connectivity index (χ4v) is 1.44. The van der Waals surface area contributed by atoms with Crippen LogP contribution in [-0.4, -0.2) is 5.91 Å². The molecule has 3 nitrogen and oxygen atoms in total. The molecule has 1 aromatic carbocycles. The summed E-state index contributed by atoms with van der Waals surface area (Å²) >= 11 is 0. The third-order valence-electron chi connectivity index (χ3n) is 3.04. The van der Waals surface area contributed by atoms with Crippen LogP contribution >= 0.6 is 0 Å². The Labute approximate surface area is 110 Å². The van der Waals surface area contributed by atoms with Gasteiger partial charge in [-0.3, -0.25) is 4.79 Å². The SMILES string of the molecule is CC(C)C(C)C(=O)Nc1ccc(N)c(C(F)(F)F)c1. The van der Waals surface area contributed by atoms with Crippen LogP contribution in [0.25, 0.3) is 0 Å². The third-order valence-corrected chi connectivity index (χ3v) is 3.04. The smallest absolute Gasteiger partial charge is 0.398 e. The fraction of sp³-hybridized carbons (Fsp3) is 0.462. The molecule has 0 fully saturated rings. The molecule has 0 aliphatic rings. The van der Waals surface area contributed by atoms with Gasteiger partial charge in [-0.05, 0) is 24.1 Å². The lowest BCUT2D eigenvalue weighted by Crippen LogP contribution is -2.24. The lowest BCUT2D eigenvalue weighted by molar-refractivity contribution is -0.137. The van der Waals surface area contributed by atoms with E-state index >= 15 is 0 Å². The second kappa shape index (κ2) is 5.50. The van der Waals surface area contributed by atoms with Gasteiger partial charge in [-0.1, -0.05) is 20.8 Å². The lowest BCUT2D eigenvalue weighted by Gasteiger charge is -2.17. The number of benzene rings is 1. The molecule has 0 saturated carbocycles. The van der Waals surface area contributed by atoms with Gasteiger partial charge in [0.1, 0.15) is 0 Å². The molecule has 19 heavy (non-hydrogen) atoms. The summed E-state index contributed by atoms with van der Waals surface area (Å²) in [5.41, 5.74) is 4.08. The maximum Gasteiger partial charge on any atom is 0.418 e. The van der Waals surface area contributed by atoms with Gasteiger partial charge in [-0.25, -0.2) is 0 Å². The van der Waals surface area contributed by atoms with E-state index in [1.165, 1.54) is 6.07 Å². The monoisotopic (exact) mass is 274 g/mol. The van der Waals surface area contributed by atoms with E-state index in [1.54, 1.807) is 6.92 Å². The molecular formula is C13H17F3N2O. The Morgan fingerprint density at radius 2 is 1.84 bits per heavy atom. The Bertz CT molecular complexity index is 469. The van der Waals surface area contributed by atoms with Crippen molar-refractivity contribution in [3.8, 4) is 0 Å². The van der Waals surface area contributed by atoms with E-state index < -0.39 is 11.7 Å². The molecule has 6 heteroatoms. The molecule has 3 N–H and O–H groups in total. The number of nitrogens with two attached hydrogens (primary N) is 1. The van der Waals surface area contributed by atoms with E-state index in [2.05, 4.69) is 5.32 Å². The van der Waals surface area contributed by atoms with Crippen molar-refractivity contribution in [2.24, 2.45) is 11.8 Å². The third kappa shape index (κ3) is 3.87. The number of alkyl halides is 3. The molecular weight excluding hydrogens is 257 g/mol. The zero-order valence-electron chi connectivity index (χ0n) is 11.0. The van der Waals surface area contributed by atoms with Crippen LogP contribution in [0.5, 0.6) is 0 Å². The van der Waals surface area contributed by atoms with Gasteiger partial charge in [0.25, 0.3) is 0 Å². The van der Waals surface area contributed by atoms with Crippen LogP contribution in [-0.2, 0) is 11.0 Å². The van der Waals surface area contributed by atoms with Crippen LogP contribution in [0.1, 0.15) is 26.3 Å². The molecule has 0 spiro atoms. The van der Waals surface area contributed by atoms with Crippen LogP contribution in [0.3, 0.4) is 0 Å². The number of nitrogen functional groups attached to an aromatic ring is 1. The number of hydrogen-bond donors (Lipinski definition) is 2. The van der Waals surface area contributed by atoms with Gasteiger partial charge in [0.05, 0.1) is 5.56 Å². The van der Waals surface area contributed by atoms with E-state index in [9.17, 15) is 18.0 Å². The highest BCUT2D eigenvalue weighted by Gasteiger charge is 2.33. The van der Waals surface area contributed by atoms with E-state index in [0.29, 0.717) is 0 Å². The van der Waals surface area contributed by atoms with Crippen molar-refractivity contribution < 1.29 is 18.0 Å². The van der Waals surface area contributed by atoms with E-state index in [0.717, 1.165) is 12.1 Å². The standard InChI is InChI=1S/C13H17F3N2O/c1-7(2)8(3)12(19)18-9-4-5-11(17)10(6-9)13(14,15)16/h4-8H,17H2,1-3H3,(H,18,19). The summed E-state index contributed by atoms with van der Waals surface area (Å²) in [4.78, 5) is 11.8. The molecule has 0 bridgehead atoms. The second-order valence-corrected chi connectivity index (χ2v) is 4.82. The summed E-state index contributed by atoms with van der Waals surface area (Å²) in [6.45, 7) is 5.46. The van der Waals surface area contributed by atoms with Crippen LogP contribution in [0, 0.1) is 11.8 Å². The van der Waals surface area contributed by atoms with Gasteiger partial charge in [0.2, 0.25) is 5.91 Å². The molecule has 1 atom stereocenters. The number of carbonyl (C=O) groups is 1. The van der Waals surface area contributed by atoms with Crippen molar-refractivity contribution in [1.82, 2.24) is 0 Å². The molecule has 0 aliphatic carbocycles. The topological polar surface area (TPSA) is 55.1 Å². The Kier molecular flexibility index (Phi) is 4.44. The Morgan fingerprint density at radius 3 is 2.32 bits per heavy atom. The molecule has 106 valence electrons. The predicted molar refractivity (Wildman–Crippen MR) is 68.5 cm³/mol. The normalized spacial score (nSPS) is 13.4. The van der Waals surface area contributed by atoms with Crippen molar-refractivity contribution in [3.05, 3.63) is 23.8 Å². The van der Waals surface area contributed by atoms with Crippen molar-refractivity contribution in [3.63, 3.8) is 0 Å². The largest absolute Gasteiger partial charge is 0.418 e. The van der Waals surface area contributed by atoms with Crippen molar-refractivity contribution in [1.29, 1.82) is 0 Å². The average Bonchev–Trinajstić information content (AvgIpc) is 2.28. The van der Waals surface area contributed by atoms with Crippen LogP contribution in [0.4, 0.5) is 24.5 Å². The molecule has 0 heterocycles. The van der Waals surface area contributed by atoms with Gasteiger partial charge in [0.15, 0.2) is 0 Å². The first kappa shape index (κ1) is 15.3. The van der Waals surface area contributed by atoms with E-state index in [1.807, 2.05) is 13.8 Å². The Hall–Kier alpha value is -1.72. The molecule has 1 aromatic rings. The van der Waals surface area contributed by atoms with Gasteiger partial charge in [-0.2, -0.15) is 13.2 Å². The van der Waals surface area contributed by atoms with Crippen molar-refractivity contribution in [2.45, 2.75) is 26.9 Å². The lowest BCUT2D eigenvalue weighted by atomic mass is 9.97. The molecule has 1 amide bonds. The van der Waals surface area contributed by atoms with E-state index in [-0.39, 0.29) is 29.1 Å². The minimum Gasteiger partial charge on any atom is -0.398 e. The van der Waals surface area contributed by atoms with Gasteiger partial charge < -0.3 is 11.1 Å². The van der Waals surface area contributed by atoms with E-state index in [4.69, 9.17) is 5.73 Å². The number of hydrogen-bond acceptors (Lipinski definition) is 2. The highest BCUT2D eigenvalue weighted by molar-refractivity contribution is 5.92. The van der Waals surface area contributed by atoms with Crippen LogP contribution in [0.2, 0.25) is 0 Å². The van der Waals surface area contributed by atoms with Gasteiger partial charge in [0, 0.05) is 17.3 Å². The first-order valence-corrected chi connectivity index (χ1v) is 5.90. The molecule has 1 unspecified atom stereocenters. The summed E-state index contributed by atoms with van der Waals surface area (Å²) < 4.78 is 38.0. The number of halogens is 3. The molecule has 0 radical (unpaired) electrons. The highest BCUT2D eigenvalue weighted by Crippen LogP contribution is 2.35. The number of nitrogens with one attached hydrogen (secondary N) is 1. The zero-order valence-corrected chi connectivity index (χ0v) is 11.0. The minimum absolute atomic E-state index is 0.0963. The summed E-state index contributed by atoms with van der Waals surface area (Å²) in [6.07, 6.45) is -4.53. The van der Waals surface area contributed by atoms with Crippen molar-refractivity contribution >= 4 is 17.3 Å². The maximum atomic E-state index is 12.7. The van der Waals surface area contributed by atoms with Gasteiger partial charge >= 0.3 is 6.18 Å². The average molecular weight is 274 g/mol. The zero-order chi connectivity index (χ0) is 14.8. The second-order valence-electron chi connectivity index (χ2n) is 4.82. The molecule has 0 aromatic heterocycles. The summed E-state index contributed by atoms with van der Waals surface area (Å²) in [7, 11) is 0.